The molecule has 0 spiro atoms. The molecule has 1 heterocycles. The molecule has 18 heavy (non-hydrogen) atoms. The van der Waals surface area contributed by atoms with Crippen molar-refractivity contribution >= 4 is 17.6 Å². The van der Waals surface area contributed by atoms with E-state index in [1.165, 1.54) is 4.90 Å². The third kappa shape index (κ3) is 1.72. The molecule has 0 bridgehead atoms. The highest BCUT2D eigenvalue weighted by atomic mass is 16.5. The summed E-state index contributed by atoms with van der Waals surface area (Å²) in [6.07, 6.45) is 2.03. The minimum Gasteiger partial charge on any atom is -0.497 e. The summed E-state index contributed by atoms with van der Waals surface area (Å²) in [4.78, 5) is 25.3. The Bertz CT molecular complexity index is 511. The average molecular weight is 246 g/mol. The van der Waals surface area contributed by atoms with E-state index in [4.69, 9.17) is 4.74 Å². The number of nitrogens with zero attached hydrogens (tertiary/aromatic N) is 1. The zero-order valence-electron chi connectivity index (χ0n) is 10.1. The third-order valence-corrected chi connectivity index (χ3v) is 3.37. The molecule has 1 aromatic carbocycles. The van der Waals surface area contributed by atoms with Crippen molar-refractivity contribution < 1.29 is 14.3 Å². The van der Waals surface area contributed by atoms with Gasteiger partial charge >= 0.3 is 6.03 Å². The summed E-state index contributed by atoms with van der Waals surface area (Å²) in [5.41, 5.74) is 0.556. The van der Waals surface area contributed by atoms with Gasteiger partial charge in [0.1, 0.15) is 11.8 Å². The fourth-order valence-electron chi connectivity index (χ4n) is 2.24. The molecule has 3 amide bonds. The van der Waals surface area contributed by atoms with Crippen LogP contribution in [0.25, 0.3) is 0 Å². The molecule has 5 heteroatoms. The van der Waals surface area contributed by atoms with Crippen molar-refractivity contribution in [1.29, 1.82) is 0 Å². The van der Waals surface area contributed by atoms with Crippen molar-refractivity contribution in [2.24, 2.45) is 5.92 Å². The SMILES string of the molecule is COc1cccc(N2C(=O)NC(C3CC3)C2=O)c1. The summed E-state index contributed by atoms with van der Waals surface area (Å²) in [6.45, 7) is 0. The minimum absolute atomic E-state index is 0.157. The highest BCUT2D eigenvalue weighted by Gasteiger charge is 2.46. The van der Waals surface area contributed by atoms with Gasteiger partial charge in [-0.2, -0.15) is 0 Å². The van der Waals surface area contributed by atoms with E-state index >= 15 is 0 Å². The highest BCUT2D eigenvalue weighted by molar-refractivity contribution is 6.21. The van der Waals surface area contributed by atoms with Crippen LogP contribution in [0.2, 0.25) is 0 Å². The van der Waals surface area contributed by atoms with Crippen molar-refractivity contribution in [1.82, 2.24) is 5.32 Å². The Morgan fingerprint density at radius 2 is 2.11 bits per heavy atom. The molecule has 2 aliphatic rings. The average Bonchev–Trinajstić information content (AvgIpc) is 3.16. The van der Waals surface area contributed by atoms with Gasteiger partial charge in [-0.3, -0.25) is 4.79 Å². The highest BCUT2D eigenvalue weighted by Crippen LogP contribution is 2.36. The van der Waals surface area contributed by atoms with E-state index < -0.39 is 0 Å². The van der Waals surface area contributed by atoms with E-state index in [1.807, 2.05) is 0 Å². The summed E-state index contributed by atoms with van der Waals surface area (Å²) >= 11 is 0. The lowest BCUT2D eigenvalue weighted by Gasteiger charge is -2.13. The van der Waals surface area contributed by atoms with E-state index in [-0.39, 0.29) is 18.0 Å². The fourth-order valence-corrected chi connectivity index (χ4v) is 2.24. The zero-order chi connectivity index (χ0) is 12.7. The first kappa shape index (κ1) is 11.1. The van der Waals surface area contributed by atoms with Crippen LogP contribution in [0.15, 0.2) is 24.3 Å². The lowest BCUT2D eigenvalue weighted by molar-refractivity contribution is -0.118. The molecule has 1 aromatic rings. The van der Waals surface area contributed by atoms with Crippen LogP contribution in [-0.4, -0.2) is 25.1 Å². The van der Waals surface area contributed by atoms with Crippen molar-refractivity contribution in [2.75, 3.05) is 12.0 Å². The van der Waals surface area contributed by atoms with Crippen molar-refractivity contribution in [3.05, 3.63) is 24.3 Å². The van der Waals surface area contributed by atoms with Crippen LogP contribution in [0.5, 0.6) is 5.75 Å². The number of amides is 3. The van der Waals surface area contributed by atoms with Gasteiger partial charge in [0, 0.05) is 6.07 Å². The molecule has 1 aliphatic heterocycles. The van der Waals surface area contributed by atoms with E-state index in [1.54, 1.807) is 31.4 Å². The number of anilines is 1. The Morgan fingerprint density at radius 3 is 2.78 bits per heavy atom. The Labute approximate surface area is 105 Å². The van der Waals surface area contributed by atoms with E-state index in [9.17, 15) is 9.59 Å². The maximum absolute atomic E-state index is 12.2. The van der Waals surface area contributed by atoms with Gasteiger partial charge in [-0.15, -0.1) is 0 Å². The predicted octanol–water partition coefficient (Wildman–Crippen LogP) is 1.53. The second-order valence-electron chi connectivity index (χ2n) is 4.64. The van der Waals surface area contributed by atoms with Crippen LogP contribution in [0.4, 0.5) is 10.5 Å². The van der Waals surface area contributed by atoms with Crippen LogP contribution in [0.3, 0.4) is 0 Å². The summed E-state index contributed by atoms with van der Waals surface area (Å²) in [6, 6.07) is 6.27. The van der Waals surface area contributed by atoms with Crippen LogP contribution < -0.4 is 15.0 Å². The van der Waals surface area contributed by atoms with Gasteiger partial charge in [-0.25, -0.2) is 9.69 Å². The maximum Gasteiger partial charge on any atom is 0.329 e. The first-order chi connectivity index (χ1) is 8.70. The number of hydrogen-bond acceptors (Lipinski definition) is 3. The molecule has 0 radical (unpaired) electrons. The normalized spacial score (nSPS) is 23.2. The number of carbonyl (C=O) groups is 2. The third-order valence-electron chi connectivity index (χ3n) is 3.37. The number of imide groups is 1. The van der Waals surface area contributed by atoms with Crippen LogP contribution in [0.1, 0.15) is 12.8 Å². The number of nitrogens with one attached hydrogen (secondary N) is 1. The van der Waals surface area contributed by atoms with Gasteiger partial charge < -0.3 is 10.1 Å². The number of benzene rings is 1. The standard InChI is InChI=1S/C13H14N2O3/c1-18-10-4-2-3-9(7-10)15-12(16)11(8-5-6-8)14-13(15)17/h2-4,7-8,11H,5-6H2,1H3,(H,14,17). The number of hydrogen-bond donors (Lipinski definition) is 1. The second-order valence-corrected chi connectivity index (χ2v) is 4.64. The van der Waals surface area contributed by atoms with Crippen LogP contribution in [-0.2, 0) is 4.79 Å². The number of ether oxygens (including phenoxy) is 1. The summed E-state index contributed by atoms with van der Waals surface area (Å²) in [5, 5.41) is 2.75. The lowest BCUT2D eigenvalue weighted by atomic mass is 10.2. The summed E-state index contributed by atoms with van der Waals surface area (Å²) in [5.74, 6) is 0.788. The second kappa shape index (κ2) is 4.01. The maximum atomic E-state index is 12.2. The first-order valence-corrected chi connectivity index (χ1v) is 5.99. The van der Waals surface area contributed by atoms with Crippen LogP contribution >= 0.6 is 0 Å². The van der Waals surface area contributed by atoms with Gasteiger partial charge in [0.05, 0.1) is 12.8 Å². The van der Waals surface area contributed by atoms with Gasteiger partial charge in [0.15, 0.2) is 0 Å². The monoisotopic (exact) mass is 246 g/mol. The summed E-state index contributed by atoms with van der Waals surface area (Å²) < 4.78 is 5.10. The van der Waals surface area contributed by atoms with Gasteiger partial charge in [0.2, 0.25) is 0 Å². The zero-order valence-corrected chi connectivity index (χ0v) is 10.1. The minimum atomic E-state index is -0.344. The Morgan fingerprint density at radius 1 is 1.33 bits per heavy atom. The smallest absolute Gasteiger partial charge is 0.329 e. The van der Waals surface area contributed by atoms with E-state index in [0.717, 1.165) is 12.8 Å². The number of carbonyl (C=O) groups excluding carboxylic acids is 2. The van der Waals surface area contributed by atoms with Gasteiger partial charge in [-0.05, 0) is 30.9 Å². The molecule has 1 saturated heterocycles. The van der Waals surface area contributed by atoms with Crippen molar-refractivity contribution in [2.45, 2.75) is 18.9 Å². The molecular formula is C13H14N2O3. The molecule has 1 saturated carbocycles. The Kier molecular flexibility index (Phi) is 2.47. The molecule has 1 aliphatic carbocycles. The molecule has 1 N–H and O–H groups in total. The number of methoxy groups -OCH3 is 1. The molecule has 1 atom stereocenters. The number of rotatable bonds is 3. The Balaban J connectivity index is 1.90. The largest absolute Gasteiger partial charge is 0.497 e. The molecular weight excluding hydrogens is 232 g/mol. The van der Waals surface area contributed by atoms with Crippen LogP contribution in [0, 0.1) is 5.92 Å². The topological polar surface area (TPSA) is 58.6 Å². The van der Waals surface area contributed by atoms with Gasteiger partial charge in [0.25, 0.3) is 5.91 Å². The van der Waals surface area contributed by atoms with Gasteiger partial charge in [-0.1, -0.05) is 6.07 Å². The molecule has 94 valence electrons. The van der Waals surface area contributed by atoms with Crippen molar-refractivity contribution in [3.63, 3.8) is 0 Å². The van der Waals surface area contributed by atoms with Crippen molar-refractivity contribution in [3.8, 4) is 5.75 Å². The quantitative estimate of drug-likeness (QED) is 0.823. The fraction of sp³-hybridized carbons (Fsp3) is 0.385. The summed E-state index contributed by atoms with van der Waals surface area (Å²) in [7, 11) is 1.55. The Hall–Kier alpha value is -2.04. The lowest BCUT2D eigenvalue weighted by Crippen LogP contribution is -2.32. The molecule has 0 aromatic heterocycles. The number of urea groups is 1. The molecule has 2 fully saturated rings. The first-order valence-electron chi connectivity index (χ1n) is 5.99. The van der Waals surface area contributed by atoms with E-state index in [2.05, 4.69) is 5.32 Å². The predicted molar refractivity (Wildman–Crippen MR) is 65.5 cm³/mol. The van der Waals surface area contributed by atoms with E-state index in [0.29, 0.717) is 17.4 Å². The molecule has 5 nitrogen and oxygen atoms in total. The molecule has 1 unspecified atom stereocenters. The molecule has 3 rings (SSSR count).